The first-order chi connectivity index (χ1) is 7.88. The van der Waals surface area contributed by atoms with Crippen LogP contribution in [0.4, 0.5) is 8.78 Å². The molecule has 1 unspecified atom stereocenters. The van der Waals surface area contributed by atoms with Crippen LogP contribution in [0.3, 0.4) is 0 Å². The average Bonchev–Trinajstić information content (AvgIpc) is 2.14. The fourth-order valence-electron chi connectivity index (χ4n) is 1.26. The summed E-state index contributed by atoms with van der Waals surface area (Å²) >= 11 is 0. The molecule has 0 aliphatic heterocycles. The molecule has 6 heteroatoms. The van der Waals surface area contributed by atoms with Gasteiger partial charge >= 0.3 is 0 Å². The summed E-state index contributed by atoms with van der Waals surface area (Å²) in [5.41, 5.74) is 5.14. The van der Waals surface area contributed by atoms with Gasteiger partial charge < -0.3 is 11.1 Å². The second kappa shape index (κ2) is 5.38. The molecule has 0 fully saturated rings. The lowest BCUT2D eigenvalue weighted by atomic mass is 10.1. The lowest BCUT2D eigenvalue weighted by molar-refractivity contribution is -0.126. The number of carbonyl (C=O) groups excluding carboxylic acids is 2. The molecule has 1 atom stereocenters. The van der Waals surface area contributed by atoms with E-state index in [2.05, 4.69) is 5.32 Å². The normalized spacial score (nSPS) is 11.9. The molecule has 0 bridgehead atoms. The number of rotatable bonds is 4. The highest BCUT2D eigenvalue weighted by atomic mass is 19.1. The van der Waals surface area contributed by atoms with Crippen molar-refractivity contribution in [3.05, 3.63) is 35.4 Å². The summed E-state index contributed by atoms with van der Waals surface area (Å²) in [6, 6.07) is 2.00. The third-order valence-corrected chi connectivity index (χ3v) is 2.09. The maximum absolute atomic E-state index is 12.8. The fraction of sp³-hybridized carbons (Fsp3) is 0.273. The summed E-state index contributed by atoms with van der Waals surface area (Å²) in [4.78, 5) is 22.1. The molecule has 0 radical (unpaired) electrons. The second-order valence-electron chi connectivity index (χ2n) is 3.65. The standard InChI is InChI=1S/C11H12F2N2O2/c1-6(11(14)17)15-10(16)4-7-2-8(12)5-9(13)3-7/h2-3,5-6H,4H2,1H3,(H2,14,17)(H,15,16). The molecule has 2 amide bonds. The van der Waals surface area contributed by atoms with E-state index in [1.54, 1.807) is 0 Å². The van der Waals surface area contributed by atoms with Gasteiger partial charge in [0, 0.05) is 6.07 Å². The van der Waals surface area contributed by atoms with Crippen molar-refractivity contribution in [3.63, 3.8) is 0 Å². The van der Waals surface area contributed by atoms with Gasteiger partial charge in [0.05, 0.1) is 6.42 Å². The van der Waals surface area contributed by atoms with E-state index in [9.17, 15) is 18.4 Å². The van der Waals surface area contributed by atoms with E-state index in [1.807, 2.05) is 0 Å². The SMILES string of the molecule is CC(NC(=O)Cc1cc(F)cc(F)c1)C(N)=O. The van der Waals surface area contributed by atoms with Crippen molar-refractivity contribution < 1.29 is 18.4 Å². The smallest absolute Gasteiger partial charge is 0.239 e. The molecular weight excluding hydrogens is 230 g/mol. The summed E-state index contributed by atoms with van der Waals surface area (Å²) in [7, 11) is 0. The van der Waals surface area contributed by atoms with Crippen molar-refractivity contribution in [2.45, 2.75) is 19.4 Å². The van der Waals surface area contributed by atoms with Gasteiger partial charge in [-0.15, -0.1) is 0 Å². The number of hydrogen-bond acceptors (Lipinski definition) is 2. The Balaban J connectivity index is 2.65. The second-order valence-corrected chi connectivity index (χ2v) is 3.65. The Morgan fingerprint density at radius 1 is 1.29 bits per heavy atom. The van der Waals surface area contributed by atoms with E-state index in [-0.39, 0.29) is 12.0 Å². The van der Waals surface area contributed by atoms with Crippen LogP contribution in [0, 0.1) is 11.6 Å². The van der Waals surface area contributed by atoms with Crippen molar-refractivity contribution >= 4 is 11.8 Å². The zero-order valence-corrected chi connectivity index (χ0v) is 9.17. The van der Waals surface area contributed by atoms with Crippen molar-refractivity contribution in [3.8, 4) is 0 Å². The largest absolute Gasteiger partial charge is 0.368 e. The number of amides is 2. The van der Waals surface area contributed by atoms with Crippen LogP contribution >= 0.6 is 0 Å². The Labute approximate surface area is 96.8 Å². The highest BCUT2D eigenvalue weighted by molar-refractivity contribution is 5.87. The van der Waals surface area contributed by atoms with Crippen LogP contribution in [0.25, 0.3) is 0 Å². The van der Waals surface area contributed by atoms with Crippen molar-refractivity contribution in [2.75, 3.05) is 0 Å². The molecule has 0 aliphatic rings. The van der Waals surface area contributed by atoms with Gasteiger partial charge in [0.15, 0.2) is 0 Å². The zero-order chi connectivity index (χ0) is 13.0. The Hall–Kier alpha value is -1.98. The average molecular weight is 242 g/mol. The first-order valence-electron chi connectivity index (χ1n) is 4.92. The number of carbonyl (C=O) groups is 2. The molecule has 1 rings (SSSR count). The predicted octanol–water partition coefficient (Wildman–Crippen LogP) is 0.497. The first kappa shape index (κ1) is 13.1. The van der Waals surface area contributed by atoms with Crippen LogP contribution in [-0.4, -0.2) is 17.9 Å². The molecule has 92 valence electrons. The molecule has 1 aromatic carbocycles. The van der Waals surface area contributed by atoms with Crippen LogP contribution in [-0.2, 0) is 16.0 Å². The van der Waals surface area contributed by atoms with Gasteiger partial charge in [0.1, 0.15) is 17.7 Å². The number of nitrogens with two attached hydrogens (primary N) is 1. The Morgan fingerprint density at radius 2 is 1.82 bits per heavy atom. The molecular formula is C11H12F2N2O2. The lowest BCUT2D eigenvalue weighted by Gasteiger charge is -2.10. The Morgan fingerprint density at radius 3 is 2.29 bits per heavy atom. The van der Waals surface area contributed by atoms with Crippen LogP contribution in [0.15, 0.2) is 18.2 Å². The lowest BCUT2D eigenvalue weighted by Crippen LogP contribution is -2.42. The maximum atomic E-state index is 12.8. The van der Waals surface area contributed by atoms with Crippen LogP contribution in [0.2, 0.25) is 0 Å². The molecule has 0 saturated carbocycles. The number of nitrogens with one attached hydrogen (secondary N) is 1. The van der Waals surface area contributed by atoms with Crippen molar-refractivity contribution in [1.82, 2.24) is 5.32 Å². The van der Waals surface area contributed by atoms with Crippen LogP contribution < -0.4 is 11.1 Å². The number of benzene rings is 1. The maximum Gasteiger partial charge on any atom is 0.239 e. The van der Waals surface area contributed by atoms with Gasteiger partial charge in [0.25, 0.3) is 0 Å². The molecule has 0 saturated heterocycles. The summed E-state index contributed by atoms with van der Waals surface area (Å²) in [5, 5.41) is 2.31. The van der Waals surface area contributed by atoms with Gasteiger partial charge in [-0.2, -0.15) is 0 Å². The molecule has 1 aromatic rings. The third-order valence-electron chi connectivity index (χ3n) is 2.09. The van der Waals surface area contributed by atoms with Crippen molar-refractivity contribution in [1.29, 1.82) is 0 Å². The molecule has 17 heavy (non-hydrogen) atoms. The molecule has 0 spiro atoms. The van der Waals surface area contributed by atoms with E-state index in [1.165, 1.54) is 6.92 Å². The monoisotopic (exact) mass is 242 g/mol. The topological polar surface area (TPSA) is 72.2 Å². The third kappa shape index (κ3) is 4.18. The number of halogens is 2. The highest BCUT2D eigenvalue weighted by Crippen LogP contribution is 2.08. The highest BCUT2D eigenvalue weighted by Gasteiger charge is 2.13. The van der Waals surface area contributed by atoms with Crippen LogP contribution in [0.1, 0.15) is 12.5 Å². The predicted molar refractivity (Wildman–Crippen MR) is 56.9 cm³/mol. The molecule has 0 aliphatic carbocycles. The van der Waals surface area contributed by atoms with Crippen LogP contribution in [0.5, 0.6) is 0 Å². The summed E-state index contributed by atoms with van der Waals surface area (Å²) < 4.78 is 25.6. The van der Waals surface area contributed by atoms with Gasteiger partial charge in [-0.05, 0) is 24.6 Å². The van der Waals surface area contributed by atoms with Gasteiger partial charge in [-0.1, -0.05) is 0 Å². The first-order valence-corrected chi connectivity index (χ1v) is 4.92. The van der Waals surface area contributed by atoms with Gasteiger partial charge in [-0.3, -0.25) is 9.59 Å². The molecule has 0 heterocycles. The number of primary amides is 1. The quantitative estimate of drug-likeness (QED) is 0.806. The molecule has 4 nitrogen and oxygen atoms in total. The summed E-state index contributed by atoms with van der Waals surface area (Å²) in [6.45, 7) is 1.42. The fourth-order valence-corrected chi connectivity index (χ4v) is 1.26. The van der Waals surface area contributed by atoms with Gasteiger partial charge in [-0.25, -0.2) is 8.78 Å². The Bertz CT molecular complexity index is 429. The summed E-state index contributed by atoms with van der Waals surface area (Å²) in [6.07, 6.45) is -0.216. The van der Waals surface area contributed by atoms with E-state index >= 15 is 0 Å². The molecule has 3 N–H and O–H groups in total. The summed E-state index contributed by atoms with van der Waals surface area (Å²) in [5.74, 6) is -2.71. The Kier molecular flexibility index (Phi) is 4.14. The van der Waals surface area contributed by atoms with Gasteiger partial charge in [0.2, 0.25) is 11.8 Å². The van der Waals surface area contributed by atoms with E-state index in [0.717, 1.165) is 12.1 Å². The number of hydrogen-bond donors (Lipinski definition) is 2. The van der Waals surface area contributed by atoms with Crippen molar-refractivity contribution in [2.24, 2.45) is 5.73 Å². The minimum absolute atomic E-state index is 0.191. The van der Waals surface area contributed by atoms with E-state index in [4.69, 9.17) is 5.73 Å². The zero-order valence-electron chi connectivity index (χ0n) is 9.17. The van der Waals surface area contributed by atoms with E-state index in [0.29, 0.717) is 6.07 Å². The molecule has 0 aromatic heterocycles. The minimum atomic E-state index is -0.819. The van der Waals surface area contributed by atoms with E-state index < -0.39 is 29.5 Å². The minimum Gasteiger partial charge on any atom is -0.368 e.